The maximum atomic E-state index is 13.4. The van der Waals surface area contributed by atoms with Gasteiger partial charge in [0.1, 0.15) is 23.6 Å². The van der Waals surface area contributed by atoms with E-state index in [1.807, 2.05) is 23.3 Å². The number of nitrogens with zero attached hydrogens (tertiary/aromatic N) is 3. The van der Waals surface area contributed by atoms with Crippen molar-refractivity contribution in [2.75, 3.05) is 24.3 Å². The number of halogens is 1. The third-order valence-corrected chi connectivity index (χ3v) is 5.61. The average Bonchev–Trinajstić information content (AvgIpc) is 3.45. The van der Waals surface area contributed by atoms with Crippen LogP contribution in [0.25, 0.3) is 11.1 Å². The molecule has 0 spiro atoms. The predicted octanol–water partition coefficient (Wildman–Crippen LogP) is 3.91. The minimum absolute atomic E-state index is 0.00138. The van der Waals surface area contributed by atoms with Crippen LogP contribution in [-0.4, -0.2) is 28.0 Å². The monoisotopic (exact) mass is 409 g/mol. The van der Waals surface area contributed by atoms with E-state index in [1.165, 1.54) is 6.07 Å². The van der Waals surface area contributed by atoms with Crippen molar-refractivity contribution in [1.29, 1.82) is 0 Å². The first-order valence-electron chi connectivity index (χ1n) is 10.3. The molecule has 1 unspecified atom stereocenters. The Morgan fingerprint density at radius 1 is 1.23 bits per heavy atom. The lowest BCUT2D eigenvalue weighted by atomic mass is 10.1. The Labute approximate surface area is 174 Å². The highest BCUT2D eigenvalue weighted by Crippen LogP contribution is 2.40. The van der Waals surface area contributed by atoms with Gasteiger partial charge in [0, 0.05) is 48.7 Å². The Kier molecular flexibility index (Phi) is 5.00. The molecule has 7 nitrogen and oxygen atoms in total. The number of nitrogen functional groups attached to an aromatic ring is 1. The Morgan fingerprint density at radius 2 is 2.17 bits per heavy atom. The van der Waals surface area contributed by atoms with E-state index in [9.17, 15) is 4.39 Å². The average molecular weight is 409 g/mol. The molecule has 4 heterocycles. The number of ether oxygens (including phenoxy) is 2. The standard InChI is InChI=1S/C22H24FN5O2/c23-18-5-4-14(9-19(18)24)10-25-22-16-6-8-30-21(16)17(12-26-22)15-11-27-28(13-15)20-3-1-2-7-29-20/h4-5,9,11-13,20H,1-3,6-8,10,24H2,(H,25,26). The van der Waals surface area contributed by atoms with Gasteiger partial charge < -0.3 is 20.5 Å². The van der Waals surface area contributed by atoms with Gasteiger partial charge in [0.15, 0.2) is 0 Å². The van der Waals surface area contributed by atoms with Crippen molar-refractivity contribution < 1.29 is 13.9 Å². The highest BCUT2D eigenvalue weighted by molar-refractivity contribution is 5.74. The van der Waals surface area contributed by atoms with E-state index in [2.05, 4.69) is 15.4 Å². The SMILES string of the molecule is Nc1cc(CNc2ncc(-c3cnn(C4CCCCO4)c3)c3c2CCO3)ccc1F. The van der Waals surface area contributed by atoms with Crippen LogP contribution in [0.1, 0.15) is 36.6 Å². The van der Waals surface area contributed by atoms with Crippen molar-refractivity contribution in [3.05, 3.63) is 53.7 Å². The molecule has 0 amide bonds. The van der Waals surface area contributed by atoms with Crippen LogP contribution < -0.4 is 15.8 Å². The second kappa shape index (κ2) is 7.95. The Morgan fingerprint density at radius 3 is 3.00 bits per heavy atom. The van der Waals surface area contributed by atoms with Gasteiger partial charge in [0.2, 0.25) is 0 Å². The number of hydrogen-bond acceptors (Lipinski definition) is 6. The molecule has 0 aliphatic carbocycles. The molecule has 156 valence electrons. The van der Waals surface area contributed by atoms with E-state index >= 15 is 0 Å². The summed E-state index contributed by atoms with van der Waals surface area (Å²) in [7, 11) is 0. The molecule has 5 rings (SSSR count). The van der Waals surface area contributed by atoms with E-state index < -0.39 is 5.82 Å². The number of hydrogen-bond donors (Lipinski definition) is 2. The quantitative estimate of drug-likeness (QED) is 0.621. The normalized spacial score (nSPS) is 18.1. The van der Waals surface area contributed by atoms with Crippen molar-refractivity contribution in [2.24, 2.45) is 0 Å². The maximum Gasteiger partial charge on any atom is 0.150 e. The first kappa shape index (κ1) is 18.9. The fraction of sp³-hybridized carbons (Fsp3) is 0.364. The third kappa shape index (κ3) is 3.59. The third-order valence-electron chi connectivity index (χ3n) is 5.61. The highest BCUT2D eigenvalue weighted by atomic mass is 19.1. The zero-order valence-corrected chi connectivity index (χ0v) is 16.6. The zero-order chi connectivity index (χ0) is 20.5. The molecule has 2 aliphatic heterocycles. The van der Waals surface area contributed by atoms with Gasteiger partial charge in [0.25, 0.3) is 0 Å². The summed E-state index contributed by atoms with van der Waals surface area (Å²) < 4.78 is 27.0. The smallest absolute Gasteiger partial charge is 0.150 e. The molecule has 1 fully saturated rings. The van der Waals surface area contributed by atoms with E-state index in [0.29, 0.717) is 13.2 Å². The maximum absolute atomic E-state index is 13.4. The topological polar surface area (TPSA) is 87.2 Å². The first-order valence-corrected chi connectivity index (χ1v) is 10.3. The molecule has 1 saturated heterocycles. The molecule has 8 heteroatoms. The predicted molar refractivity (Wildman–Crippen MR) is 112 cm³/mol. The Hall–Kier alpha value is -3.13. The lowest BCUT2D eigenvalue weighted by Crippen LogP contribution is -2.18. The van der Waals surface area contributed by atoms with E-state index in [1.54, 1.807) is 12.1 Å². The second-order valence-electron chi connectivity index (χ2n) is 7.67. The van der Waals surface area contributed by atoms with E-state index in [-0.39, 0.29) is 11.9 Å². The molecular formula is C22H24FN5O2. The first-order chi connectivity index (χ1) is 14.7. The van der Waals surface area contributed by atoms with Crippen LogP contribution in [0.5, 0.6) is 5.75 Å². The van der Waals surface area contributed by atoms with E-state index in [0.717, 1.165) is 66.1 Å². The van der Waals surface area contributed by atoms with Crippen molar-refractivity contribution in [3.63, 3.8) is 0 Å². The van der Waals surface area contributed by atoms with Crippen LogP contribution in [0, 0.1) is 5.82 Å². The summed E-state index contributed by atoms with van der Waals surface area (Å²) in [6.07, 6.45) is 9.67. The van der Waals surface area contributed by atoms with Gasteiger partial charge in [-0.3, -0.25) is 0 Å². The van der Waals surface area contributed by atoms with Crippen LogP contribution in [0.15, 0.2) is 36.8 Å². The molecule has 0 radical (unpaired) electrons. The summed E-state index contributed by atoms with van der Waals surface area (Å²) in [5, 5.41) is 7.84. The van der Waals surface area contributed by atoms with Gasteiger partial charge in [-0.05, 0) is 37.0 Å². The van der Waals surface area contributed by atoms with Gasteiger partial charge in [-0.1, -0.05) is 6.07 Å². The number of fused-ring (bicyclic) bond motifs is 1. The number of pyridine rings is 1. The molecular weight excluding hydrogens is 385 g/mol. The van der Waals surface area contributed by atoms with Gasteiger partial charge in [-0.25, -0.2) is 14.1 Å². The molecule has 1 atom stereocenters. The molecule has 1 aromatic carbocycles. The van der Waals surface area contributed by atoms with Crippen LogP contribution in [-0.2, 0) is 17.7 Å². The summed E-state index contributed by atoms with van der Waals surface area (Å²) in [5.74, 6) is 1.21. The van der Waals surface area contributed by atoms with Crippen LogP contribution >= 0.6 is 0 Å². The summed E-state index contributed by atoms with van der Waals surface area (Å²) in [6.45, 7) is 1.90. The molecule has 30 heavy (non-hydrogen) atoms. The minimum Gasteiger partial charge on any atom is -0.492 e. The molecule has 2 aliphatic rings. The largest absolute Gasteiger partial charge is 0.492 e. The zero-order valence-electron chi connectivity index (χ0n) is 16.6. The van der Waals surface area contributed by atoms with Gasteiger partial charge in [-0.15, -0.1) is 0 Å². The Bertz CT molecular complexity index is 1060. The van der Waals surface area contributed by atoms with Crippen LogP contribution in [0.3, 0.4) is 0 Å². The van der Waals surface area contributed by atoms with Crippen molar-refractivity contribution in [1.82, 2.24) is 14.8 Å². The fourth-order valence-electron chi connectivity index (χ4n) is 4.00. The second-order valence-corrected chi connectivity index (χ2v) is 7.67. The number of anilines is 2. The molecule has 3 N–H and O–H groups in total. The van der Waals surface area contributed by atoms with Crippen molar-refractivity contribution >= 4 is 11.5 Å². The minimum atomic E-state index is -0.408. The van der Waals surface area contributed by atoms with Gasteiger partial charge in [0.05, 0.1) is 18.5 Å². The van der Waals surface area contributed by atoms with Crippen molar-refractivity contribution in [3.8, 4) is 16.9 Å². The molecule has 2 aromatic heterocycles. The number of nitrogens with two attached hydrogens (primary N) is 1. The Balaban J connectivity index is 1.37. The van der Waals surface area contributed by atoms with E-state index in [4.69, 9.17) is 15.2 Å². The lowest BCUT2D eigenvalue weighted by Gasteiger charge is -2.22. The number of rotatable bonds is 5. The van der Waals surface area contributed by atoms with Gasteiger partial charge >= 0.3 is 0 Å². The molecule has 0 bridgehead atoms. The molecule has 0 saturated carbocycles. The number of aromatic nitrogens is 3. The summed E-state index contributed by atoms with van der Waals surface area (Å²) in [4.78, 5) is 4.64. The van der Waals surface area contributed by atoms with Crippen LogP contribution in [0.4, 0.5) is 15.9 Å². The fourth-order valence-corrected chi connectivity index (χ4v) is 4.00. The highest BCUT2D eigenvalue weighted by Gasteiger charge is 2.24. The van der Waals surface area contributed by atoms with Gasteiger partial charge in [-0.2, -0.15) is 5.10 Å². The lowest BCUT2D eigenvalue weighted by molar-refractivity contribution is -0.0394. The van der Waals surface area contributed by atoms with Crippen LogP contribution in [0.2, 0.25) is 0 Å². The summed E-state index contributed by atoms with van der Waals surface area (Å²) in [5.41, 5.74) is 9.64. The van der Waals surface area contributed by atoms with Crippen molar-refractivity contribution in [2.45, 2.75) is 38.5 Å². The summed E-state index contributed by atoms with van der Waals surface area (Å²) >= 11 is 0. The number of benzene rings is 1. The summed E-state index contributed by atoms with van der Waals surface area (Å²) in [6, 6.07) is 4.73. The molecule has 3 aromatic rings. The number of nitrogens with one attached hydrogen (secondary N) is 1.